The van der Waals surface area contributed by atoms with Crippen LogP contribution in [-0.4, -0.2) is 25.2 Å². The van der Waals surface area contributed by atoms with Gasteiger partial charge in [-0.1, -0.05) is 12.1 Å². The first kappa shape index (κ1) is 15.7. The number of carbonyl (C=O) groups is 1. The second kappa shape index (κ2) is 8.67. The molecule has 0 aliphatic carbocycles. The maximum absolute atomic E-state index is 11.0. The number of primary amides is 1. The van der Waals surface area contributed by atoms with Crippen LogP contribution in [0.1, 0.15) is 42.6 Å². The molecule has 3 N–H and O–H groups in total. The van der Waals surface area contributed by atoms with Crippen LogP contribution in [0.5, 0.6) is 0 Å². The van der Waals surface area contributed by atoms with Gasteiger partial charge in [-0.25, -0.2) is 0 Å². The van der Waals surface area contributed by atoms with E-state index in [9.17, 15) is 4.79 Å². The van der Waals surface area contributed by atoms with E-state index in [0.29, 0.717) is 11.7 Å². The summed E-state index contributed by atoms with van der Waals surface area (Å²) in [7, 11) is 0. The molecule has 0 fully saturated rings. The van der Waals surface area contributed by atoms with Crippen molar-refractivity contribution in [3.8, 4) is 0 Å². The molecular weight excluding hydrogens is 240 g/mol. The Labute approximate surface area is 115 Å². The van der Waals surface area contributed by atoms with Crippen LogP contribution >= 0.6 is 0 Å². The van der Waals surface area contributed by atoms with E-state index in [-0.39, 0.29) is 5.91 Å². The molecular formula is C15H24N2O2. The Balaban J connectivity index is 2.15. The Bertz CT molecular complexity index is 391. The number of unbranched alkanes of at least 4 members (excludes halogenated alkanes) is 1. The average molecular weight is 264 g/mol. The quantitative estimate of drug-likeness (QED) is 0.671. The third-order valence-corrected chi connectivity index (χ3v) is 2.74. The molecule has 1 aromatic rings. The minimum atomic E-state index is -0.382. The minimum Gasteiger partial charge on any atom is -0.379 e. The molecule has 0 aliphatic rings. The summed E-state index contributed by atoms with van der Waals surface area (Å²) in [5, 5.41) is 3.35. The van der Waals surface area contributed by atoms with E-state index in [1.807, 2.05) is 32.0 Å². The van der Waals surface area contributed by atoms with Gasteiger partial charge in [0.05, 0.1) is 6.10 Å². The minimum absolute atomic E-state index is 0.310. The lowest BCUT2D eigenvalue weighted by Crippen LogP contribution is -2.16. The summed E-state index contributed by atoms with van der Waals surface area (Å²) in [6, 6.07) is 7.40. The molecule has 0 bridgehead atoms. The molecule has 1 rings (SSSR count). The van der Waals surface area contributed by atoms with E-state index in [0.717, 1.165) is 38.1 Å². The fourth-order valence-corrected chi connectivity index (χ4v) is 1.74. The monoisotopic (exact) mass is 264 g/mol. The van der Waals surface area contributed by atoms with Gasteiger partial charge in [-0.15, -0.1) is 0 Å². The van der Waals surface area contributed by atoms with Crippen LogP contribution in [0.25, 0.3) is 0 Å². The zero-order valence-electron chi connectivity index (χ0n) is 11.8. The van der Waals surface area contributed by atoms with Gasteiger partial charge in [-0.2, -0.15) is 0 Å². The molecule has 0 spiro atoms. The van der Waals surface area contributed by atoms with E-state index in [1.54, 1.807) is 6.07 Å². The highest BCUT2D eigenvalue weighted by Gasteiger charge is 2.00. The molecule has 0 unspecified atom stereocenters. The van der Waals surface area contributed by atoms with Gasteiger partial charge in [0.25, 0.3) is 0 Å². The summed E-state index contributed by atoms with van der Waals surface area (Å²) in [4.78, 5) is 11.0. The molecule has 0 heterocycles. The third-order valence-electron chi connectivity index (χ3n) is 2.74. The standard InChI is InChI=1S/C15H24N2O2/c1-12(2)19-9-4-3-8-17-11-13-6-5-7-14(10-13)15(16)18/h5-7,10,12,17H,3-4,8-9,11H2,1-2H3,(H2,16,18). The Morgan fingerprint density at radius 3 is 2.84 bits per heavy atom. The number of carbonyl (C=O) groups excluding carboxylic acids is 1. The van der Waals surface area contributed by atoms with E-state index in [1.165, 1.54) is 0 Å². The molecule has 106 valence electrons. The van der Waals surface area contributed by atoms with Gasteiger partial charge in [-0.3, -0.25) is 4.79 Å². The molecule has 0 saturated heterocycles. The predicted molar refractivity (Wildman–Crippen MR) is 77.0 cm³/mol. The Morgan fingerprint density at radius 2 is 2.16 bits per heavy atom. The number of nitrogens with one attached hydrogen (secondary N) is 1. The van der Waals surface area contributed by atoms with Crippen molar-refractivity contribution in [3.63, 3.8) is 0 Å². The summed E-state index contributed by atoms with van der Waals surface area (Å²) in [6.07, 6.45) is 2.46. The highest BCUT2D eigenvalue weighted by molar-refractivity contribution is 5.92. The summed E-state index contributed by atoms with van der Waals surface area (Å²) in [5.74, 6) is -0.382. The number of benzene rings is 1. The van der Waals surface area contributed by atoms with E-state index in [4.69, 9.17) is 10.5 Å². The summed E-state index contributed by atoms with van der Waals surface area (Å²) < 4.78 is 5.47. The maximum Gasteiger partial charge on any atom is 0.248 e. The van der Waals surface area contributed by atoms with Crippen molar-refractivity contribution in [2.24, 2.45) is 5.73 Å². The highest BCUT2D eigenvalue weighted by Crippen LogP contribution is 2.04. The van der Waals surface area contributed by atoms with Crippen LogP contribution in [0.2, 0.25) is 0 Å². The topological polar surface area (TPSA) is 64.3 Å². The highest BCUT2D eigenvalue weighted by atomic mass is 16.5. The first-order chi connectivity index (χ1) is 9.09. The number of nitrogens with two attached hydrogens (primary N) is 1. The first-order valence-electron chi connectivity index (χ1n) is 6.80. The molecule has 1 aromatic carbocycles. The Morgan fingerprint density at radius 1 is 1.37 bits per heavy atom. The molecule has 1 amide bonds. The number of ether oxygens (including phenoxy) is 1. The molecule has 0 radical (unpaired) electrons. The SMILES string of the molecule is CC(C)OCCCCNCc1cccc(C(N)=O)c1. The lowest BCUT2D eigenvalue weighted by molar-refractivity contribution is 0.0760. The fourth-order valence-electron chi connectivity index (χ4n) is 1.74. The number of amides is 1. The van der Waals surface area contributed by atoms with Crippen molar-refractivity contribution < 1.29 is 9.53 Å². The predicted octanol–water partition coefficient (Wildman–Crippen LogP) is 2.08. The normalized spacial score (nSPS) is 10.9. The van der Waals surface area contributed by atoms with E-state index in [2.05, 4.69) is 5.32 Å². The van der Waals surface area contributed by atoms with Gasteiger partial charge in [0.15, 0.2) is 0 Å². The van der Waals surface area contributed by atoms with Crippen LogP contribution in [0.3, 0.4) is 0 Å². The lowest BCUT2D eigenvalue weighted by atomic mass is 10.1. The summed E-state index contributed by atoms with van der Waals surface area (Å²) in [5.41, 5.74) is 6.88. The first-order valence-corrected chi connectivity index (χ1v) is 6.80. The van der Waals surface area contributed by atoms with E-state index < -0.39 is 0 Å². The molecule has 0 aliphatic heterocycles. The molecule has 0 saturated carbocycles. The van der Waals surface area contributed by atoms with E-state index >= 15 is 0 Å². The van der Waals surface area contributed by atoms with Crippen molar-refractivity contribution in [3.05, 3.63) is 35.4 Å². The van der Waals surface area contributed by atoms with Crippen LogP contribution in [0, 0.1) is 0 Å². The zero-order valence-corrected chi connectivity index (χ0v) is 11.8. The van der Waals surface area contributed by atoms with Crippen molar-refractivity contribution in [1.82, 2.24) is 5.32 Å². The van der Waals surface area contributed by atoms with Crippen LogP contribution in [0.4, 0.5) is 0 Å². The Hall–Kier alpha value is -1.39. The van der Waals surface area contributed by atoms with Gasteiger partial charge in [0, 0.05) is 18.7 Å². The van der Waals surface area contributed by atoms with Gasteiger partial charge >= 0.3 is 0 Å². The maximum atomic E-state index is 11.0. The Kier molecular flexibility index (Phi) is 7.15. The number of rotatable bonds is 9. The van der Waals surface area contributed by atoms with Gasteiger partial charge in [0.1, 0.15) is 0 Å². The number of hydrogen-bond acceptors (Lipinski definition) is 3. The summed E-state index contributed by atoms with van der Waals surface area (Å²) >= 11 is 0. The second-order valence-corrected chi connectivity index (χ2v) is 4.87. The van der Waals surface area contributed by atoms with Crippen molar-refractivity contribution >= 4 is 5.91 Å². The summed E-state index contributed by atoms with van der Waals surface area (Å²) in [6.45, 7) is 6.61. The van der Waals surface area contributed by atoms with Crippen LogP contribution in [-0.2, 0) is 11.3 Å². The number of hydrogen-bond donors (Lipinski definition) is 2. The molecule has 19 heavy (non-hydrogen) atoms. The van der Waals surface area contributed by atoms with Crippen molar-refractivity contribution in [2.45, 2.75) is 39.3 Å². The molecule has 0 aromatic heterocycles. The lowest BCUT2D eigenvalue weighted by Gasteiger charge is -2.08. The van der Waals surface area contributed by atoms with Gasteiger partial charge in [-0.05, 0) is 50.9 Å². The van der Waals surface area contributed by atoms with Crippen LogP contribution in [0.15, 0.2) is 24.3 Å². The molecule has 4 heteroatoms. The van der Waals surface area contributed by atoms with Crippen LogP contribution < -0.4 is 11.1 Å². The average Bonchev–Trinajstić information content (AvgIpc) is 2.37. The van der Waals surface area contributed by atoms with Crippen molar-refractivity contribution in [1.29, 1.82) is 0 Å². The molecule has 4 nitrogen and oxygen atoms in total. The fraction of sp³-hybridized carbons (Fsp3) is 0.533. The third kappa shape index (κ3) is 6.94. The smallest absolute Gasteiger partial charge is 0.248 e. The molecule has 0 atom stereocenters. The van der Waals surface area contributed by atoms with Gasteiger partial charge in [0.2, 0.25) is 5.91 Å². The zero-order chi connectivity index (χ0) is 14.1. The second-order valence-electron chi connectivity index (χ2n) is 4.87. The largest absolute Gasteiger partial charge is 0.379 e. The van der Waals surface area contributed by atoms with Crippen molar-refractivity contribution in [2.75, 3.05) is 13.2 Å². The van der Waals surface area contributed by atoms with Gasteiger partial charge < -0.3 is 15.8 Å².